The molecule has 0 aromatic carbocycles. The van der Waals surface area contributed by atoms with Gasteiger partial charge in [0.15, 0.2) is 0 Å². The Bertz CT molecular complexity index is 364. The first-order valence-electron chi connectivity index (χ1n) is 4.14. The lowest BCUT2D eigenvalue weighted by Gasteiger charge is -2.02. The van der Waals surface area contributed by atoms with Crippen molar-refractivity contribution >= 4 is 17.0 Å². The van der Waals surface area contributed by atoms with Crippen LogP contribution in [0.4, 0.5) is 5.69 Å². The fraction of sp³-hybridized carbons (Fsp3) is 0.200. The summed E-state index contributed by atoms with van der Waals surface area (Å²) in [5.74, 6) is 0. The van der Waals surface area contributed by atoms with Crippen LogP contribution in [-0.2, 0) is 6.54 Å². The van der Waals surface area contributed by atoms with Crippen molar-refractivity contribution in [2.75, 3.05) is 5.32 Å². The van der Waals surface area contributed by atoms with Gasteiger partial charge < -0.3 is 9.73 Å². The minimum absolute atomic E-state index is 0.827. The molecule has 0 spiro atoms. The second-order valence-electron chi connectivity index (χ2n) is 2.95. The summed E-state index contributed by atoms with van der Waals surface area (Å²) in [6, 6.07) is 1.97. The Hall–Kier alpha value is -1.22. The normalized spacial score (nSPS) is 10.2. The number of hydrogen-bond donors (Lipinski definition) is 1. The van der Waals surface area contributed by atoms with Crippen LogP contribution in [0.2, 0.25) is 0 Å². The van der Waals surface area contributed by atoms with Crippen LogP contribution in [0.1, 0.15) is 11.1 Å². The monoisotopic (exact) mass is 193 g/mol. The summed E-state index contributed by atoms with van der Waals surface area (Å²) in [5, 5.41) is 7.60. The van der Waals surface area contributed by atoms with Crippen LogP contribution in [0.15, 0.2) is 33.8 Å². The van der Waals surface area contributed by atoms with Crippen LogP contribution >= 0.6 is 11.3 Å². The average molecular weight is 193 g/mol. The number of nitrogens with one attached hydrogen (secondary N) is 1. The number of furan rings is 1. The Morgan fingerprint density at radius 1 is 1.46 bits per heavy atom. The minimum Gasteiger partial charge on any atom is -0.472 e. The third kappa shape index (κ3) is 1.92. The highest BCUT2D eigenvalue weighted by Crippen LogP contribution is 2.19. The Balaban J connectivity index is 1.97. The van der Waals surface area contributed by atoms with Crippen LogP contribution < -0.4 is 5.32 Å². The zero-order chi connectivity index (χ0) is 9.10. The molecule has 0 aliphatic rings. The van der Waals surface area contributed by atoms with Gasteiger partial charge in [0.25, 0.3) is 0 Å². The highest BCUT2D eigenvalue weighted by Gasteiger charge is 1.98. The van der Waals surface area contributed by atoms with Gasteiger partial charge in [-0.05, 0) is 23.9 Å². The molecule has 0 saturated carbocycles. The van der Waals surface area contributed by atoms with E-state index in [1.807, 2.05) is 6.07 Å². The molecule has 68 valence electrons. The molecule has 0 bridgehead atoms. The van der Waals surface area contributed by atoms with Gasteiger partial charge in [0.05, 0.1) is 12.5 Å². The van der Waals surface area contributed by atoms with Gasteiger partial charge in [0.2, 0.25) is 0 Å². The molecule has 0 radical (unpaired) electrons. The molecule has 0 saturated heterocycles. The molecule has 2 rings (SSSR count). The first-order valence-corrected chi connectivity index (χ1v) is 5.08. The molecular formula is C10H11NOS. The van der Waals surface area contributed by atoms with E-state index in [-0.39, 0.29) is 0 Å². The van der Waals surface area contributed by atoms with Crippen molar-refractivity contribution < 1.29 is 4.42 Å². The lowest BCUT2D eigenvalue weighted by molar-refractivity contribution is 0.564. The van der Waals surface area contributed by atoms with E-state index in [1.165, 1.54) is 16.8 Å². The maximum absolute atomic E-state index is 4.98. The van der Waals surface area contributed by atoms with Crippen molar-refractivity contribution in [2.24, 2.45) is 0 Å². The Kier molecular flexibility index (Phi) is 2.36. The number of thiophene rings is 1. The van der Waals surface area contributed by atoms with Crippen molar-refractivity contribution in [3.05, 3.63) is 40.5 Å². The number of rotatable bonds is 3. The zero-order valence-electron chi connectivity index (χ0n) is 7.41. The summed E-state index contributed by atoms with van der Waals surface area (Å²) < 4.78 is 4.98. The first kappa shape index (κ1) is 8.38. The molecule has 2 nitrogen and oxygen atoms in total. The molecule has 0 aliphatic carbocycles. The number of anilines is 1. The molecule has 1 N–H and O–H groups in total. The topological polar surface area (TPSA) is 25.2 Å². The molecule has 2 aromatic rings. The maximum Gasteiger partial charge on any atom is 0.0952 e. The molecule has 0 unspecified atom stereocenters. The highest BCUT2D eigenvalue weighted by molar-refractivity contribution is 7.08. The van der Waals surface area contributed by atoms with E-state index >= 15 is 0 Å². The highest BCUT2D eigenvalue weighted by atomic mass is 32.1. The Morgan fingerprint density at radius 2 is 2.38 bits per heavy atom. The summed E-state index contributed by atoms with van der Waals surface area (Å²) in [4.78, 5) is 0. The quantitative estimate of drug-likeness (QED) is 0.809. The second-order valence-corrected chi connectivity index (χ2v) is 3.70. The van der Waals surface area contributed by atoms with Crippen LogP contribution in [-0.4, -0.2) is 0 Å². The lowest BCUT2D eigenvalue weighted by atomic mass is 10.3. The van der Waals surface area contributed by atoms with Crippen LogP contribution in [0.25, 0.3) is 0 Å². The van der Waals surface area contributed by atoms with Crippen LogP contribution in [0.5, 0.6) is 0 Å². The molecule has 0 atom stereocenters. The fourth-order valence-corrected chi connectivity index (χ4v) is 1.94. The molecule has 0 aliphatic heterocycles. The van der Waals surface area contributed by atoms with Gasteiger partial charge in [-0.15, -0.1) is 11.3 Å². The molecule has 3 heteroatoms. The van der Waals surface area contributed by atoms with E-state index in [0.29, 0.717) is 0 Å². The van der Waals surface area contributed by atoms with E-state index in [4.69, 9.17) is 4.42 Å². The predicted molar refractivity (Wildman–Crippen MR) is 55.1 cm³/mol. The van der Waals surface area contributed by atoms with Crippen LogP contribution in [0, 0.1) is 6.92 Å². The Labute approximate surface area is 81.2 Å². The van der Waals surface area contributed by atoms with E-state index < -0.39 is 0 Å². The maximum atomic E-state index is 4.98. The van der Waals surface area contributed by atoms with Gasteiger partial charge in [0, 0.05) is 23.2 Å². The number of aryl methyl sites for hydroxylation is 1. The van der Waals surface area contributed by atoms with Gasteiger partial charge in [0.1, 0.15) is 0 Å². The summed E-state index contributed by atoms with van der Waals surface area (Å²) >= 11 is 1.72. The van der Waals surface area contributed by atoms with Crippen molar-refractivity contribution in [1.29, 1.82) is 0 Å². The van der Waals surface area contributed by atoms with Gasteiger partial charge in [-0.25, -0.2) is 0 Å². The van der Waals surface area contributed by atoms with Crippen molar-refractivity contribution in [3.63, 3.8) is 0 Å². The Morgan fingerprint density at radius 3 is 3.00 bits per heavy atom. The van der Waals surface area contributed by atoms with Gasteiger partial charge in [-0.1, -0.05) is 0 Å². The van der Waals surface area contributed by atoms with Crippen LogP contribution in [0.3, 0.4) is 0 Å². The van der Waals surface area contributed by atoms with Gasteiger partial charge >= 0.3 is 0 Å². The molecule has 13 heavy (non-hydrogen) atoms. The summed E-state index contributed by atoms with van der Waals surface area (Å²) in [6.07, 6.45) is 3.45. The molecule has 2 aromatic heterocycles. The lowest BCUT2D eigenvalue weighted by Crippen LogP contribution is -1.97. The fourth-order valence-electron chi connectivity index (χ4n) is 1.13. The second kappa shape index (κ2) is 3.66. The van der Waals surface area contributed by atoms with Crippen molar-refractivity contribution in [3.8, 4) is 0 Å². The third-order valence-corrected chi connectivity index (χ3v) is 2.78. The number of hydrogen-bond acceptors (Lipinski definition) is 3. The predicted octanol–water partition coefficient (Wildman–Crippen LogP) is 3.26. The van der Waals surface area contributed by atoms with E-state index in [1.54, 1.807) is 23.9 Å². The van der Waals surface area contributed by atoms with Gasteiger partial charge in [-0.2, -0.15) is 0 Å². The van der Waals surface area contributed by atoms with E-state index in [9.17, 15) is 0 Å². The summed E-state index contributed by atoms with van der Waals surface area (Å²) in [6.45, 7) is 2.93. The third-order valence-electron chi connectivity index (χ3n) is 1.92. The van der Waals surface area contributed by atoms with E-state index in [0.717, 1.165) is 6.54 Å². The molecule has 0 amide bonds. The molecule has 2 heterocycles. The van der Waals surface area contributed by atoms with Gasteiger partial charge in [-0.3, -0.25) is 0 Å². The SMILES string of the molecule is Cc1cscc1NCc1ccoc1. The largest absolute Gasteiger partial charge is 0.472 e. The molecular weight excluding hydrogens is 182 g/mol. The smallest absolute Gasteiger partial charge is 0.0952 e. The average Bonchev–Trinajstić information content (AvgIpc) is 2.72. The first-order chi connectivity index (χ1) is 6.36. The minimum atomic E-state index is 0.827. The van der Waals surface area contributed by atoms with Crippen molar-refractivity contribution in [1.82, 2.24) is 0 Å². The standard InChI is InChI=1S/C10H11NOS/c1-8-6-13-7-10(8)11-4-9-2-3-12-5-9/h2-3,5-7,11H,4H2,1H3. The van der Waals surface area contributed by atoms with Crippen molar-refractivity contribution in [2.45, 2.75) is 13.5 Å². The summed E-state index contributed by atoms with van der Waals surface area (Å²) in [7, 11) is 0. The van der Waals surface area contributed by atoms with E-state index in [2.05, 4.69) is 23.0 Å². The molecule has 0 fully saturated rings. The zero-order valence-corrected chi connectivity index (χ0v) is 8.23. The summed E-state index contributed by atoms with van der Waals surface area (Å²) in [5.41, 5.74) is 3.69.